The van der Waals surface area contributed by atoms with Gasteiger partial charge in [0, 0.05) is 6.54 Å². The number of hydrogen-bond acceptors (Lipinski definition) is 2. The summed E-state index contributed by atoms with van der Waals surface area (Å²) < 4.78 is 0. The minimum Gasteiger partial charge on any atom is -0.386 e. The second-order valence-electron chi connectivity index (χ2n) is 6.90. The summed E-state index contributed by atoms with van der Waals surface area (Å²) in [5.41, 5.74) is 4.59. The van der Waals surface area contributed by atoms with Gasteiger partial charge in [0.2, 0.25) is 0 Å². The van der Waals surface area contributed by atoms with Crippen LogP contribution in [0.15, 0.2) is 12.1 Å². The van der Waals surface area contributed by atoms with E-state index in [1.807, 2.05) is 13.8 Å². The van der Waals surface area contributed by atoms with Gasteiger partial charge in [0.25, 0.3) is 0 Å². The van der Waals surface area contributed by atoms with Crippen molar-refractivity contribution in [1.29, 1.82) is 0 Å². The summed E-state index contributed by atoms with van der Waals surface area (Å²) in [7, 11) is 0. The van der Waals surface area contributed by atoms with Gasteiger partial charge in [0.15, 0.2) is 0 Å². The molecule has 0 unspecified atom stereocenters. The topological polar surface area (TPSA) is 32.3 Å². The lowest BCUT2D eigenvalue weighted by atomic mass is 9.78. The molecule has 1 aromatic rings. The van der Waals surface area contributed by atoms with Crippen LogP contribution in [0.2, 0.25) is 0 Å². The van der Waals surface area contributed by atoms with Crippen molar-refractivity contribution >= 4 is 0 Å². The van der Waals surface area contributed by atoms with Crippen molar-refractivity contribution in [2.75, 3.05) is 6.54 Å². The molecule has 100 valence electrons. The SMILES string of the molecule is CC(C)(C)c1cc(C(C)(C)O)cc2c1CNCC2. The largest absolute Gasteiger partial charge is 0.386 e. The molecule has 1 aromatic carbocycles. The minimum absolute atomic E-state index is 0.115. The Morgan fingerprint density at radius 3 is 2.33 bits per heavy atom. The van der Waals surface area contributed by atoms with Crippen LogP contribution in [-0.2, 0) is 24.0 Å². The maximum absolute atomic E-state index is 10.3. The van der Waals surface area contributed by atoms with Crippen LogP contribution in [-0.4, -0.2) is 11.7 Å². The lowest BCUT2D eigenvalue weighted by molar-refractivity contribution is 0.0783. The second-order valence-corrected chi connectivity index (χ2v) is 6.90. The predicted molar refractivity (Wildman–Crippen MR) is 75.8 cm³/mol. The molecule has 2 rings (SSSR count). The fourth-order valence-electron chi connectivity index (χ4n) is 2.62. The number of benzene rings is 1. The van der Waals surface area contributed by atoms with E-state index in [2.05, 4.69) is 38.2 Å². The van der Waals surface area contributed by atoms with Crippen LogP contribution in [0.4, 0.5) is 0 Å². The summed E-state index contributed by atoms with van der Waals surface area (Å²) in [5, 5.41) is 13.7. The molecule has 2 N–H and O–H groups in total. The van der Waals surface area contributed by atoms with Gasteiger partial charge < -0.3 is 10.4 Å². The van der Waals surface area contributed by atoms with Crippen LogP contribution in [0.1, 0.15) is 56.9 Å². The molecule has 0 amide bonds. The lowest BCUT2D eigenvalue weighted by Gasteiger charge is -2.31. The third-order valence-electron chi connectivity index (χ3n) is 3.73. The molecule has 0 saturated carbocycles. The van der Waals surface area contributed by atoms with Crippen molar-refractivity contribution in [1.82, 2.24) is 5.32 Å². The molecule has 0 radical (unpaired) electrons. The van der Waals surface area contributed by atoms with Gasteiger partial charge in [0.05, 0.1) is 5.60 Å². The zero-order valence-electron chi connectivity index (χ0n) is 12.2. The van der Waals surface area contributed by atoms with Crippen molar-refractivity contribution in [3.05, 3.63) is 34.4 Å². The van der Waals surface area contributed by atoms with Gasteiger partial charge in [-0.15, -0.1) is 0 Å². The standard InChI is InChI=1S/C16H25NO/c1-15(2,3)14-9-12(16(4,5)18)8-11-6-7-17-10-13(11)14/h8-9,17-18H,6-7,10H2,1-5H3. The molecule has 2 nitrogen and oxygen atoms in total. The second kappa shape index (κ2) is 4.36. The van der Waals surface area contributed by atoms with E-state index in [-0.39, 0.29) is 5.41 Å². The average Bonchev–Trinajstić information content (AvgIpc) is 2.25. The highest BCUT2D eigenvalue weighted by Crippen LogP contribution is 2.34. The van der Waals surface area contributed by atoms with Crippen LogP contribution in [0.25, 0.3) is 0 Å². The van der Waals surface area contributed by atoms with E-state index >= 15 is 0 Å². The Morgan fingerprint density at radius 2 is 1.78 bits per heavy atom. The quantitative estimate of drug-likeness (QED) is 0.800. The molecular formula is C16H25NO. The monoisotopic (exact) mass is 247 g/mol. The van der Waals surface area contributed by atoms with Crippen molar-refractivity contribution < 1.29 is 5.11 Å². The van der Waals surface area contributed by atoms with Gasteiger partial charge in [0.1, 0.15) is 0 Å². The van der Waals surface area contributed by atoms with E-state index in [4.69, 9.17) is 0 Å². The number of fused-ring (bicyclic) bond motifs is 1. The highest BCUT2D eigenvalue weighted by atomic mass is 16.3. The van der Waals surface area contributed by atoms with Gasteiger partial charge >= 0.3 is 0 Å². The predicted octanol–water partition coefficient (Wildman–Crippen LogP) is 2.86. The molecule has 1 heterocycles. The van der Waals surface area contributed by atoms with Crippen molar-refractivity contribution in [3.8, 4) is 0 Å². The van der Waals surface area contributed by atoms with Gasteiger partial charge in [-0.25, -0.2) is 0 Å². The number of rotatable bonds is 1. The molecule has 0 aliphatic carbocycles. The zero-order chi connectivity index (χ0) is 13.6. The maximum Gasteiger partial charge on any atom is 0.0840 e. The fraction of sp³-hybridized carbons (Fsp3) is 0.625. The molecule has 2 heteroatoms. The smallest absolute Gasteiger partial charge is 0.0840 e. The summed E-state index contributed by atoms with van der Waals surface area (Å²) in [6.07, 6.45) is 1.06. The number of hydrogen-bond donors (Lipinski definition) is 2. The summed E-state index contributed by atoms with van der Waals surface area (Å²) >= 11 is 0. The van der Waals surface area contributed by atoms with E-state index < -0.39 is 5.60 Å². The van der Waals surface area contributed by atoms with Gasteiger partial charge in [-0.2, -0.15) is 0 Å². The molecule has 18 heavy (non-hydrogen) atoms. The highest BCUT2D eigenvalue weighted by Gasteiger charge is 2.26. The fourth-order valence-corrected chi connectivity index (χ4v) is 2.62. The van der Waals surface area contributed by atoms with Gasteiger partial charge in [-0.1, -0.05) is 32.9 Å². The van der Waals surface area contributed by atoms with Crippen LogP contribution in [0.3, 0.4) is 0 Å². The van der Waals surface area contributed by atoms with Crippen molar-refractivity contribution in [2.45, 2.75) is 58.6 Å². The summed E-state index contributed by atoms with van der Waals surface area (Å²) in [5.74, 6) is 0. The first kappa shape index (κ1) is 13.6. The van der Waals surface area contributed by atoms with Crippen LogP contribution in [0, 0.1) is 0 Å². The first-order valence-corrected chi connectivity index (χ1v) is 6.79. The van der Waals surface area contributed by atoms with Gasteiger partial charge in [-0.05, 0) is 54.5 Å². The lowest BCUT2D eigenvalue weighted by Crippen LogP contribution is -2.29. The first-order chi connectivity index (χ1) is 8.19. The van der Waals surface area contributed by atoms with E-state index in [0.29, 0.717) is 0 Å². The Balaban J connectivity index is 2.63. The summed E-state index contributed by atoms with van der Waals surface area (Å²) in [6.45, 7) is 12.4. The van der Waals surface area contributed by atoms with E-state index in [0.717, 1.165) is 25.1 Å². The van der Waals surface area contributed by atoms with Gasteiger partial charge in [-0.3, -0.25) is 0 Å². The Hall–Kier alpha value is -0.860. The zero-order valence-corrected chi connectivity index (χ0v) is 12.2. The number of nitrogens with one attached hydrogen (secondary N) is 1. The normalized spacial score (nSPS) is 16.6. The van der Waals surface area contributed by atoms with E-state index in [1.54, 1.807) is 0 Å². The Bertz CT molecular complexity index is 449. The van der Waals surface area contributed by atoms with E-state index in [1.165, 1.54) is 16.7 Å². The molecule has 1 aliphatic heterocycles. The molecule has 0 fully saturated rings. The molecule has 0 atom stereocenters. The molecule has 0 aromatic heterocycles. The molecule has 1 aliphatic rings. The Labute approximate surface area is 110 Å². The van der Waals surface area contributed by atoms with Crippen LogP contribution < -0.4 is 5.32 Å². The Kier molecular flexibility index (Phi) is 3.28. The van der Waals surface area contributed by atoms with Crippen molar-refractivity contribution in [2.24, 2.45) is 0 Å². The maximum atomic E-state index is 10.3. The third-order valence-corrected chi connectivity index (χ3v) is 3.73. The van der Waals surface area contributed by atoms with E-state index in [9.17, 15) is 5.11 Å². The average molecular weight is 247 g/mol. The highest BCUT2D eigenvalue weighted by molar-refractivity contribution is 5.45. The van der Waals surface area contributed by atoms with Crippen molar-refractivity contribution in [3.63, 3.8) is 0 Å². The third kappa shape index (κ3) is 2.60. The first-order valence-electron chi connectivity index (χ1n) is 6.79. The number of aliphatic hydroxyl groups is 1. The van der Waals surface area contributed by atoms with Crippen LogP contribution >= 0.6 is 0 Å². The molecule has 0 saturated heterocycles. The summed E-state index contributed by atoms with van der Waals surface area (Å²) in [4.78, 5) is 0. The Morgan fingerprint density at radius 1 is 1.11 bits per heavy atom. The summed E-state index contributed by atoms with van der Waals surface area (Å²) in [6, 6.07) is 4.37. The molecule has 0 spiro atoms. The minimum atomic E-state index is -0.764. The molecule has 0 bridgehead atoms. The molecular weight excluding hydrogens is 222 g/mol. The van der Waals surface area contributed by atoms with Crippen LogP contribution in [0.5, 0.6) is 0 Å².